The van der Waals surface area contributed by atoms with Gasteiger partial charge in [-0.25, -0.2) is 0 Å². The summed E-state index contributed by atoms with van der Waals surface area (Å²) < 4.78 is 10.8. The molecule has 0 saturated heterocycles. The summed E-state index contributed by atoms with van der Waals surface area (Å²) >= 11 is 1.74. The molecule has 0 radical (unpaired) electrons. The molecular weight excluding hydrogens is 559 g/mol. The minimum absolute atomic E-state index is 0. The van der Waals surface area contributed by atoms with E-state index in [2.05, 4.69) is 73.8 Å². The average molecular weight is 583 g/mol. The molecule has 0 aliphatic heterocycles. The first-order valence-electron chi connectivity index (χ1n) is 10.5. The molecular formula is C28H24Cl2O2SiZr-2. The van der Waals surface area contributed by atoms with E-state index in [0.717, 1.165) is 11.5 Å². The summed E-state index contributed by atoms with van der Waals surface area (Å²) in [6, 6.07) is 32.9. The van der Waals surface area contributed by atoms with Crippen molar-refractivity contribution in [3.63, 3.8) is 0 Å². The Kier molecular flexibility index (Phi) is 11.3. The zero-order valence-corrected chi connectivity index (χ0v) is 23.9. The van der Waals surface area contributed by atoms with Crippen LogP contribution in [0, 0.1) is 0 Å². The third-order valence-electron chi connectivity index (χ3n) is 4.93. The Bertz CT molecular complexity index is 1310. The van der Waals surface area contributed by atoms with Gasteiger partial charge in [-0.1, -0.05) is 23.3 Å². The van der Waals surface area contributed by atoms with E-state index >= 15 is 0 Å². The molecule has 0 fully saturated rings. The second-order valence-electron chi connectivity index (χ2n) is 7.62. The maximum absolute atomic E-state index is 5.39. The van der Waals surface area contributed by atoms with E-state index in [-0.39, 0.29) is 30.2 Å². The third kappa shape index (κ3) is 6.96. The molecule has 0 N–H and O–H groups in total. The van der Waals surface area contributed by atoms with Crippen LogP contribution in [0.5, 0.6) is 0 Å². The summed E-state index contributed by atoms with van der Waals surface area (Å²) in [5, 5.41) is 5.03. The molecule has 2 aromatic heterocycles. The number of fused-ring (bicyclic) bond motifs is 2. The maximum Gasteiger partial charge on any atom is 0.0899 e. The Morgan fingerprint density at radius 2 is 1.00 bits per heavy atom. The van der Waals surface area contributed by atoms with Crippen LogP contribution in [0.4, 0.5) is 0 Å². The predicted octanol–water partition coefficient (Wildman–Crippen LogP) is 2.43. The van der Waals surface area contributed by atoms with Gasteiger partial charge < -0.3 is 33.6 Å². The van der Waals surface area contributed by atoms with Crippen molar-refractivity contribution >= 4 is 27.0 Å². The third-order valence-corrected chi connectivity index (χ3v) is 4.93. The molecule has 0 atom stereocenters. The van der Waals surface area contributed by atoms with Gasteiger partial charge in [0.2, 0.25) is 0 Å². The Morgan fingerprint density at radius 1 is 0.618 bits per heavy atom. The van der Waals surface area contributed by atoms with Crippen molar-refractivity contribution < 1.29 is 57.0 Å². The SMILES string of the molecule is C[Si](C)=[Zr+2].[Cl-].[Cl-].c1coc(-c2c[cH-]c3ccccc23)c1.c1coc(-c2c[cH-]c3ccccc23)c1. The summed E-state index contributed by atoms with van der Waals surface area (Å²) in [6.07, 6.45) is 3.41. The molecule has 4 aromatic carbocycles. The monoisotopic (exact) mass is 580 g/mol. The zero-order valence-electron chi connectivity index (χ0n) is 19.0. The van der Waals surface area contributed by atoms with Crippen LogP contribution in [0.3, 0.4) is 0 Å². The van der Waals surface area contributed by atoms with Gasteiger partial charge in [0.25, 0.3) is 0 Å². The van der Waals surface area contributed by atoms with E-state index in [1.807, 2.05) is 36.4 Å². The van der Waals surface area contributed by atoms with Gasteiger partial charge in [0, 0.05) is 0 Å². The number of benzene rings is 2. The number of hydrogen-bond donors (Lipinski definition) is 0. The van der Waals surface area contributed by atoms with Gasteiger partial charge in [0.15, 0.2) is 0 Å². The fourth-order valence-corrected chi connectivity index (χ4v) is 3.59. The number of rotatable bonds is 2. The van der Waals surface area contributed by atoms with Gasteiger partial charge in [-0.05, 0) is 24.3 Å². The number of hydrogen-bond acceptors (Lipinski definition) is 2. The molecule has 2 nitrogen and oxygen atoms in total. The quantitative estimate of drug-likeness (QED) is 0.232. The number of furan rings is 2. The summed E-state index contributed by atoms with van der Waals surface area (Å²) in [4.78, 5) is 0. The van der Waals surface area contributed by atoms with E-state index in [1.165, 1.54) is 32.7 Å². The second kappa shape index (κ2) is 13.7. The van der Waals surface area contributed by atoms with Crippen LogP contribution in [-0.2, 0) is 23.3 Å². The predicted molar refractivity (Wildman–Crippen MR) is 132 cm³/mol. The minimum atomic E-state index is 0. The van der Waals surface area contributed by atoms with Crippen molar-refractivity contribution in [1.82, 2.24) is 0 Å². The van der Waals surface area contributed by atoms with Gasteiger partial charge in [0.1, 0.15) is 0 Å². The summed E-state index contributed by atoms with van der Waals surface area (Å²) in [7, 11) is 0. The van der Waals surface area contributed by atoms with Crippen molar-refractivity contribution in [3.05, 3.63) is 110 Å². The Morgan fingerprint density at radius 3 is 1.35 bits per heavy atom. The Labute approximate surface area is 227 Å². The largest absolute Gasteiger partial charge is 1.00 e. The van der Waals surface area contributed by atoms with Gasteiger partial charge in [0.05, 0.1) is 24.0 Å². The fraction of sp³-hybridized carbons (Fsp3) is 0.0714. The smallest absolute Gasteiger partial charge is 0.0899 e. The molecule has 172 valence electrons. The van der Waals surface area contributed by atoms with Crippen LogP contribution in [0.2, 0.25) is 13.1 Å². The van der Waals surface area contributed by atoms with Crippen LogP contribution in [0.25, 0.3) is 44.2 Å². The standard InChI is InChI=1S/2C13H9O.C2H6Si.2ClH.Zr/c2*1-2-5-11-10(4-1)7-8-12(11)13-6-3-9-14-13;1-3-2;;;/h2*1-9H;1-2H3;2*1H;/q2*-1;;;;+2/p-2. The van der Waals surface area contributed by atoms with Gasteiger partial charge in [-0.3, -0.25) is 0 Å². The molecule has 0 amide bonds. The molecule has 6 rings (SSSR count). The molecule has 0 saturated carbocycles. The molecule has 2 heterocycles. The van der Waals surface area contributed by atoms with E-state index in [4.69, 9.17) is 8.83 Å². The van der Waals surface area contributed by atoms with Crippen molar-refractivity contribution in [2.45, 2.75) is 13.1 Å². The molecule has 0 unspecified atom stereocenters. The van der Waals surface area contributed by atoms with Crippen molar-refractivity contribution in [1.29, 1.82) is 0 Å². The van der Waals surface area contributed by atoms with E-state index in [9.17, 15) is 0 Å². The molecule has 6 heteroatoms. The molecule has 0 aliphatic carbocycles. The average Bonchev–Trinajstić information content (AvgIpc) is 3.60. The van der Waals surface area contributed by atoms with E-state index in [0.29, 0.717) is 0 Å². The minimum Gasteiger partial charge on any atom is -1.00 e. The topological polar surface area (TPSA) is 26.3 Å². The van der Waals surface area contributed by atoms with Crippen LogP contribution >= 0.6 is 0 Å². The maximum atomic E-state index is 5.39. The molecule has 6 aromatic rings. The van der Waals surface area contributed by atoms with Crippen molar-refractivity contribution in [3.8, 4) is 22.6 Å². The molecule has 34 heavy (non-hydrogen) atoms. The van der Waals surface area contributed by atoms with Crippen molar-refractivity contribution in [2.24, 2.45) is 0 Å². The Hall–Kier alpha value is -2.10. The fourth-order valence-electron chi connectivity index (χ4n) is 3.59. The number of halogens is 2. The van der Waals surface area contributed by atoms with Crippen LogP contribution < -0.4 is 24.8 Å². The van der Waals surface area contributed by atoms with Gasteiger partial charge in [-0.2, -0.15) is 0 Å². The molecule has 0 spiro atoms. The summed E-state index contributed by atoms with van der Waals surface area (Å²) in [5.74, 6) is 1.87. The van der Waals surface area contributed by atoms with E-state index in [1.54, 1.807) is 35.9 Å². The van der Waals surface area contributed by atoms with Crippen LogP contribution in [0.1, 0.15) is 0 Å². The summed E-state index contributed by atoms with van der Waals surface area (Å²) in [6.45, 7) is 4.62. The van der Waals surface area contributed by atoms with Gasteiger partial charge >= 0.3 is 41.9 Å². The van der Waals surface area contributed by atoms with Crippen LogP contribution in [-0.4, -0.2) is 5.43 Å². The second-order valence-corrected chi connectivity index (χ2v) is 17.0. The first kappa shape index (κ1) is 28.1. The first-order valence-corrected chi connectivity index (χ1v) is 16.7. The van der Waals surface area contributed by atoms with Crippen molar-refractivity contribution in [2.75, 3.05) is 0 Å². The van der Waals surface area contributed by atoms with E-state index < -0.39 is 0 Å². The first-order chi connectivity index (χ1) is 15.6. The molecule has 0 aliphatic rings. The van der Waals surface area contributed by atoms with Gasteiger partial charge in [-0.15, -0.1) is 82.2 Å². The zero-order chi connectivity index (χ0) is 22.3. The Balaban J connectivity index is 0.000000198. The van der Waals surface area contributed by atoms with Crippen LogP contribution in [0.15, 0.2) is 118 Å². The normalized spacial score (nSPS) is 9.76. The summed E-state index contributed by atoms with van der Waals surface area (Å²) in [5.41, 5.74) is 2.55. The molecule has 0 bridgehead atoms.